The van der Waals surface area contributed by atoms with Crippen molar-refractivity contribution >= 4 is 11.9 Å². The Morgan fingerprint density at radius 2 is 2.05 bits per heavy atom. The molecule has 1 amide bonds. The first kappa shape index (κ1) is 18.0. The van der Waals surface area contributed by atoms with Crippen LogP contribution in [0.1, 0.15) is 32.8 Å². The minimum Gasteiger partial charge on any atom is -0.497 e. The van der Waals surface area contributed by atoms with Crippen molar-refractivity contribution in [1.82, 2.24) is 5.32 Å². The number of ether oxygens (including phenoxy) is 2. The molecule has 1 unspecified atom stereocenters. The molecule has 0 aliphatic carbocycles. The van der Waals surface area contributed by atoms with Crippen LogP contribution >= 0.6 is 0 Å². The van der Waals surface area contributed by atoms with Crippen molar-refractivity contribution in [3.05, 3.63) is 29.8 Å². The summed E-state index contributed by atoms with van der Waals surface area (Å²) >= 11 is 0. The van der Waals surface area contributed by atoms with E-state index in [0.29, 0.717) is 11.3 Å². The van der Waals surface area contributed by atoms with Crippen LogP contribution in [0.25, 0.3) is 0 Å². The van der Waals surface area contributed by atoms with Gasteiger partial charge in [-0.05, 0) is 38.5 Å². The fourth-order valence-corrected chi connectivity index (χ4v) is 2.07. The number of carbonyl (C=O) groups excluding carboxylic acids is 1. The second-order valence-corrected chi connectivity index (χ2v) is 5.54. The molecule has 0 spiro atoms. The summed E-state index contributed by atoms with van der Waals surface area (Å²) in [6.07, 6.45) is -0.318. The van der Waals surface area contributed by atoms with Crippen LogP contribution < -0.4 is 10.1 Å². The standard InChI is InChI=1S/C16H23NO5/c1-11(2)22-10-14(18)17-16(3,9-15(19)20)12-6-5-7-13(8-12)21-4/h5-8,11H,9-10H2,1-4H3,(H,17,18)(H,19,20). The summed E-state index contributed by atoms with van der Waals surface area (Å²) in [6.45, 7) is 5.21. The quantitative estimate of drug-likeness (QED) is 0.766. The normalized spacial score (nSPS) is 13.5. The Morgan fingerprint density at radius 1 is 1.36 bits per heavy atom. The molecule has 1 aromatic rings. The molecule has 0 heterocycles. The Bertz CT molecular complexity index is 529. The molecule has 6 heteroatoms. The van der Waals surface area contributed by atoms with E-state index in [1.165, 1.54) is 7.11 Å². The molecule has 1 aromatic carbocycles. The zero-order valence-corrected chi connectivity index (χ0v) is 13.4. The van der Waals surface area contributed by atoms with Gasteiger partial charge in [0.2, 0.25) is 5.91 Å². The van der Waals surface area contributed by atoms with Gasteiger partial charge < -0.3 is 19.9 Å². The van der Waals surface area contributed by atoms with E-state index in [9.17, 15) is 9.59 Å². The number of nitrogens with one attached hydrogen (secondary N) is 1. The van der Waals surface area contributed by atoms with Gasteiger partial charge in [-0.25, -0.2) is 0 Å². The summed E-state index contributed by atoms with van der Waals surface area (Å²) in [5, 5.41) is 11.9. The van der Waals surface area contributed by atoms with Crippen LogP contribution in [0.5, 0.6) is 5.75 Å². The molecule has 1 rings (SSSR count). The van der Waals surface area contributed by atoms with Crippen molar-refractivity contribution in [2.24, 2.45) is 0 Å². The lowest BCUT2D eigenvalue weighted by molar-refractivity contribution is -0.139. The molecule has 0 aliphatic rings. The second kappa shape index (κ2) is 7.79. The maximum absolute atomic E-state index is 12.0. The van der Waals surface area contributed by atoms with E-state index in [-0.39, 0.29) is 25.0 Å². The van der Waals surface area contributed by atoms with Gasteiger partial charge in [-0.2, -0.15) is 0 Å². The van der Waals surface area contributed by atoms with Crippen LogP contribution in [-0.4, -0.2) is 36.8 Å². The Balaban J connectivity index is 2.98. The molecule has 0 radical (unpaired) electrons. The van der Waals surface area contributed by atoms with Gasteiger partial charge in [-0.3, -0.25) is 9.59 Å². The number of hydrogen-bond acceptors (Lipinski definition) is 4. The van der Waals surface area contributed by atoms with E-state index in [4.69, 9.17) is 14.6 Å². The molecule has 0 bridgehead atoms. The highest BCUT2D eigenvalue weighted by Gasteiger charge is 2.31. The molecule has 0 saturated carbocycles. The first-order valence-corrected chi connectivity index (χ1v) is 7.06. The summed E-state index contributed by atoms with van der Waals surface area (Å²) in [7, 11) is 1.53. The number of carbonyl (C=O) groups is 2. The van der Waals surface area contributed by atoms with Gasteiger partial charge in [0.25, 0.3) is 0 Å². The summed E-state index contributed by atoms with van der Waals surface area (Å²) in [6, 6.07) is 6.99. The Morgan fingerprint density at radius 3 is 2.59 bits per heavy atom. The number of rotatable bonds is 8. The van der Waals surface area contributed by atoms with Crippen molar-refractivity contribution in [2.45, 2.75) is 38.8 Å². The van der Waals surface area contributed by atoms with Crippen LogP contribution in [0, 0.1) is 0 Å². The fourth-order valence-electron chi connectivity index (χ4n) is 2.07. The number of aliphatic carboxylic acids is 1. The summed E-state index contributed by atoms with van der Waals surface area (Å²) < 4.78 is 10.4. The SMILES string of the molecule is COc1cccc(C(C)(CC(=O)O)NC(=O)COC(C)C)c1. The molecule has 6 nitrogen and oxygen atoms in total. The van der Waals surface area contributed by atoms with Crippen molar-refractivity contribution in [3.63, 3.8) is 0 Å². The summed E-state index contributed by atoms with van der Waals surface area (Å²) in [4.78, 5) is 23.2. The van der Waals surface area contributed by atoms with Crippen molar-refractivity contribution < 1.29 is 24.2 Å². The topological polar surface area (TPSA) is 84.9 Å². The third kappa shape index (κ3) is 5.37. The van der Waals surface area contributed by atoms with Gasteiger partial charge in [0.15, 0.2) is 0 Å². The molecule has 1 atom stereocenters. The Labute approximate surface area is 130 Å². The molecule has 0 fully saturated rings. The van der Waals surface area contributed by atoms with Gasteiger partial charge >= 0.3 is 5.97 Å². The van der Waals surface area contributed by atoms with Crippen LogP contribution in [0.4, 0.5) is 0 Å². The van der Waals surface area contributed by atoms with Gasteiger partial charge in [0, 0.05) is 0 Å². The number of carboxylic acid groups (broad SMARTS) is 1. The van der Waals surface area contributed by atoms with E-state index >= 15 is 0 Å². The minimum absolute atomic E-state index is 0.0756. The highest BCUT2D eigenvalue weighted by Crippen LogP contribution is 2.27. The molecular weight excluding hydrogens is 286 g/mol. The zero-order chi connectivity index (χ0) is 16.8. The van der Waals surface area contributed by atoms with Crippen molar-refractivity contribution in [2.75, 3.05) is 13.7 Å². The lowest BCUT2D eigenvalue weighted by Crippen LogP contribution is -2.46. The number of amides is 1. The first-order valence-electron chi connectivity index (χ1n) is 7.06. The Kier molecular flexibility index (Phi) is 6.37. The van der Waals surface area contributed by atoms with Gasteiger partial charge in [-0.1, -0.05) is 12.1 Å². The van der Waals surface area contributed by atoms with Gasteiger partial charge in [0.05, 0.1) is 25.2 Å². The predicted molar refractivity (Wildman–Crippen MR) is 81.8 cm³/mol. The van der Waals surface area contributed by atoms with Crippen LogP contribution in [0.3, 0.4) is 0 Å². The predicted octanol–water partition coefficient (Wildman–Crippen LogP) is 1.93. The average Bonchev–Trinajstić information content (AvgIpc) is 2.44. The Hall–Kier alpha value is -2.08. The molecule has 0 aromatic heterocycles. The third-order valence-electron chi connectivity index (χ3n) is 3.17. The first-order chi connectivity index (χ1) is 10.3. The average molecular weight is 309 g/mol. The highest BCUT2D eigenvalue weighted by molar-refractivity contribution is 5.79. The maximum Gasteiger partial charge on any atom is 0.306 e. The summed E-state index contributed by atoms with van der Waals surface area (Å²) in [5.74, 6) is -0.766. The van der Waals surface area contributed by atoms with Gasteiger partial charge in [-0.15, -0.1) is 0 Å². The maximum atomic E-state index is 12.0. The van der Waals surface area contributed by atoms with E-state index in [0.717, 1.165) is 0 Å². The number of hydrogen-bond donors (Lipinski definition) is 2. The third-order valence-corrected chi connectivity index (χ3v) is 3.17. The lowest BCUT2D eigenvalue weighted by atomic mass is 9.88. The lowest BCUT2D eigenvalue weighted by Gasteiger charge is -2.30. The molecule has 122 valence electrons. The highest BCUT2D eigenvalue weighted by atomic mass is 16.5. The van der Waals surface area contributed by atoms with Gasteiger partial charge in [0.1, 0.15) is 12.4 Å². The van der Waals surface area contributed by atoms with Crippen LogP contribution in [-0.2, 0) is 19.9 Å². The smallest absolute Gasteiger partial charge is 0.306 e. The second-order valence-electron chi connectivity index (χ2n) is 5.54. The van der Waals surface area contributed by atoms with E-state index in [2.05, 4.69) is 5.32 Å². The fraction of sp³-hybridized carbons (Fsp3) is 0.500. The monoisotopic (exact) mass is 309 g/mol. The van der Waals surface area contributed by atoms with Crippen LogP contribution in [0.2, 0.25) is 0 Å². The molecular formula is C16H23NO5. The minimum atomic E-state index is -1.04. The summed E-state index contributed by atoms with van der Waals surface area (Å²) in [5.41, 5.74) is -0.384. The van der Waals surface area contributed by atoms with Crippen molar-refractivity contribution in [3.8, 4) is 5.75 Å². The van der Waals surface area contributed by atoms with E-state index < -0.39 is 11.5 Å². The molecule has 0 aliphatic heterocycles. The molecule has 2 N–H and O–H groups in total. The number of methoxy groups -OCH3 is 1. The number of benzene rings is 1. The van der Waals surface area contributed by atoms with Crippen molar-refractivity contribution in [1.29, 1.82) is 0 Å². The van der Waals surface area contributed by atoms with E-state index in [1.54, 1.807) is 31.2 Å². The zero-order valence-electron chi connectivity index (χ0n) is 13.4. The largest absolute Gasteiger partial charge is 0.497 e. The molecule has 0 saturated heterocycles. The van der Waals surface area contributed by atoms with E-state index in [1.807, 2.05) is 13.8 Å². The molecule has 22 heavy (non-hydrogen) atoms. The number of carboxylic acids is 1. The van der Waals surface area contributed by atoms with Crippen LogP contribution in [0.15, 0.2) is 24.3 Å².